The Morgan fingerprint density at radius 2 is 0.958 bits per heavy atom. The van der Waals surface area contributed by atoms with Crippen molar-refractivity contribution >= 4 is 76.6 Å². The zero-order valence-corrected chi connectivity index (χ0v) is 40.9. The number of halogens is 1. The van der Waals surface area contributed by atoms with Crippen molar-refractivity contribution in [3.05, 3.63) is 118 Å². The molecular formula is C42H57ClKN3O24. The number of benzene rings is 3. The summed E-state index contributed by atoms with van der Waals surface area (Å²) in [5.41, 5.74) is -2.25. The van der Waals surface area contributed by atoms with E-state index in [-0.39, 0.29) is 150 Å². The number of ether oxygens (including phenoxy) is 3. The molecule has 0 spiro atoms. The van der Waals surface area contributed by atoms with E-state index in [0.29, 0.717) is 13.0 Å². The molecule has 3 rings (SSSR count). The minimum atomic E-state index is -1.71. The first-order valence-corrected chi connectivity index (χ1v) is 18.8. The third-order valence-electron chi connectivity index (χ3n) is 6.86. The fourth-order valence-corrected chi connectivity index (χ4v) is 4.59. The van der Waals surface area contributed by atoms with Gasteiger partial charge in [-0.3, -0.25) is 49.5 Å². The molecule has 0 aliphatic rings. The summed E-state index contributed by atoms with van der Waals surface area (Å²) in [6, 6.07) is 9.00. The molecule has 3 aromatic carbocycles. The van der Waals surface area contributed by atoms with Gasteiger partial charge in [-0.1, -0.05) is 40.8 Å². The number of carbonyl (C=O) groups is 7. The minimum absolute atomic E-state index is 0. The van der Waals surface area contributed by atoms with Gasteiger partial charge in [0.15, 0.2) is 5.92 Å². The van der Waals surface area contributed by atoms with Crippen molar-refractivity contribution in [3.8, 4) is 0 Å². The molecule has 0 bridgehead atoms. The number of nitro groups is 3. The van der Waals surface area contributed by atoms with Gasteiger partial charge in [-0.15, -0.1) is 0 Å². The Bertz CT molecular complexity index is 2190. The summed E-state index contributed by atoms with van der Waals surface area (Å²) in [6.07, 6.45) is 1.11. The number of esters is 3. The SMILES string of the molecule is C.C.C.CCCC(=O)OCC.CCO.CCOC(=O)C(C(=O)OCC)c1cc([N+](=O)[O-])ccc1C(=O)O.O=C(O)Cc1cc([N+](=O)[O-])ccc1C(=O)O.O=C(O)c1ccc([N+](=O)[O-])cc1Cl.O=C=O.[K+].[OH-]. The standard InChI is InChI=1S/C14H15NO8.C9H7NO6.C7H4ClNO4.C6H12O2.C2H6O.CO2.3CH4.K.H2O/c1-3-22-13(18)11(14(19)23-4-2)10-7-8(15(20)21)5-6-9(10)12(16)17;11-8(12)4-5-3-6(10(15)16)1-2-7(5)9(13)14;8-6-3-4(9(12)13)1-2-5(6)7(10)11;1-3-5-6(7)8-4-2;1-2-3;2-1-3;;;;;/h5-7,11H,3-4H2,1-2H3,(H,16,17);1-3H,4H2,(H,11,12)(H,13,14);1-3H,(H,10,11);3-5H2,1-2H3;3H,2H2,1H3;;3*1H4;;1H2/q;;;;;;;;;+1;/p-1. The van der Waals surface area contributed by atoms with E-state index >= 15 is 0 Å². The molecule has 0 heterocycles. The Morgan fingerprint density at radius 3 is 1.27 bits per heavy atom. The molecule has 0 fully saturated rings. The van der Waals surface area contributed by atoms with Crippen molar-refractivity contribution in [3.63, 3.8) is 0 Å². The second-order valence-electron chi connectivity index (χ2n) is 11.4. The maximum atomic E-state index is 12.0. The van der Waals surface area contributed by atoms with Crippen LogP contribution in [-0.4, -0.2) is 120 Å². The van der Waals surface area contributed by atoms with Gasteiger partial charge in [-0.25, -0.2) is 14.4 Å². The molecule has 0 saturated heterocycles. The molecule has 27 nitrogen and oxygen atoms in total. The third kappa shape index (κ3) is 33.5. The molecule has 6 N–H and O–H groups in total. The predicted molar refractivity (Wildman–Crippen MR) is 244 cm³/mol. The Balaban J connectivity index is -0.000000122. The molecule has 0 radical (unpaired) electrons. The number of aliphatic hydroxyl groups is 1. The number of carbonyl (C=O) groups excluding carboxylic acids is 5. The molecule has 0 atom stereocenters. The van der Waals surface area contributed by atoms with Gasteiger partial charge in [-0.05, 0) is 63.4 Å². The summed E-state index contributed by atoms with van der Waals surface area (Å²) in [5, 5.41) is 74.0. The summed E-state index contributed by atoms with van der Waals surface area (Å²) >= 11 is 5.48. The van der Waals surface area contributed by atoms with Gasteiger partial charge in [0.2, 0.25) is 0 Å². The zero-order valence-electron chi connectivity index (χ0n) is 37.0. The largest absolute Gasteiger partial charge is 1.00 e. The van der Waals surface area contributed by atoms with Crippen LogP contribution in [0.4, 0.5) is 17.1 Å². The maximum absolute atomic E-state index is 12.0. The van der Waals surface area contributed by atoms with Gasteiger partial charge < -0.3 is 45.2 Å². The molecule has 392 valence electrons. The first-order chi connectivity index (χ1) is 30.9. The number of carboxylic acid groups (broad SMARTS) is 4. The summed E-state index contributed by atoms with van der Waals surface area (Å²) in [5.74, 6) is -9.07. The van der Waals surface area contributed by atoms with E-state index in [0.717, 1.165) is 61.0 Å². The van der Waals surface area contributed by atoms with Gasteiger partial charge in [-0.2, -0.15) is 9.59 Å². The average molecular weight is 1060 g/mol. The fraction of sp³-hybridized carbons (Fsp3) is 0.381. The van der Waals surface area contributed by atoms with Gasteiger partial charge in [0.25, 0.3) is 17.1 Å². The third-order valence-corrected chi connectivity index (χ3v) is 7.17. The van der Waals surface area contributed by atoms with Crippen molar-refractivity contribution in [2.75, 3.05) is 26.4 Å². The second kappa shape index (κ2) is 45.8. The van der Waals surface area contributed by atoms with E-state index in [9.17, 15) is 69.0 Å². The van der Waals surface area contributed by atoms with Crippen LogP contribution in [0.5, 0.6) is 0 Å². The number of hydrogen-bond donors (Lipinski definition) is 5. The van der Waals surface area contributed by atoms with E-state index < -0.39 is 74.2 Å². The molecular weight excluding hydrogens is 1010 g/mol. The van der Waals surface area contributed by atoms with Gasteiger partial charge >= 0.3 is 99.3 Å². The van der Waals surface area contributed by atoms with Crippen LogP contribution in [0, 0.1) is 30.3 Å². The molecule has 29 heteroatoms. The number of carboxylic acids is 4. The van der Waals surface area contributed by atoms with Crippen molar-refractivity contribution in [2.24, 2.45) is 0 Å². The number of hydrogen-bond acceptors (Lipinski definition) is 20. The first-order valence-electron chi connectivity index (χ1n) is 18.4. The van der Waals surface area contributed by atoms with Crippen LogP contribution in [0.2, 0.25) is 5.02 Å². The molecule has 0 saturated carbocycles. The number of rotatable bonds is 16. The van der Waals surface area contributed by atoms with Crippen LogP contribution in [0.1, 0.15) is 118 Å². The normalized spacial score (nSPS) is 8.62. The topological polar surface area (TPSA) is 442 Å². The Morgan fingerprint density at radius 1 is 0.620 bits per heavy atom. The van der Waals surface area contributed by atoms with Crippen LogP contribution in [-0.2, 0) is 49.4 Å². The number of nitro benzene ring substituents is 3. The summed E-state index contributed by atoms with van der Waals surface area (Å²) in [4.78, 5) is 123. The molecule has 3 aromatic rings. The number of nitrogens with zero attached hydrogens (tertiary/aromatic N) is 3. The Labute approximate surface area is 454 Å². The quantitative estimate of drug-likeness (QED) is 0.0339. The van der Waals surface area contributed by atoms with E-state index in [2.05, 4.69) is 4.74 Å². The maximum Gasteiger partial charge on any atom is 1.00 e. The van der Waals surface area contributed by atoms with Gasteiger partial charge in [0, 0.05) is 49.4 Å². The van der Waals surface area contributed by atoms with Crippen LogP contribution in [0.15, 0.2) is 54.6 Å². The fourth-order valence-electron chi connectivity index (χ4n) is 4.34. The van der Waals surface area contributed by atoms with E-state index in [1.165, 1.54) is 13.8 Å². The summed E-state index contributed by atoms with van der Waals surface area (Å²) in [6.45, 7) is 9.11. The minimum Gasteiger partial charge on any atom is -0.870 e. The van der Waals surface area contributed by atoms with Gasteiger partial charge in [0.05, 0.1) is 62.7 Å². The van der Waals surface area contributed by atoms with Crippen molar-refractivity contribution in [1.82, 2.24) is 0 Å². The van der Waals surface area contributed by atoms with Crippen LogP contribution in [0.3, 0.4) is 0 Å². The number of aromatic carboxylic acids is 3. The summed E-state index contributed by atoms with van der Waals surface area (Å²) < 4.78 is 14.2. The summed E-state index contributed by atoms with van der Waals surface area (Å²) in [7, 11) is 0. The van der Waals surface area contributed by atoms with Crippen molar-refractivity contribution < 1.29 is 155 Å². The zero-order chi connectivity index (χ0) is 51.7. The van der Waals surface area contributed by atoms with Crippen molar-refractivity contribution in [1.29, 1.82) is 0 Å². The molecule has 0 aliphatic heterocycles. The van der Waals surface area contributed by atoms with Crippen LogP contribution < -0.4 is 51.4 Å². The average Bonchev–Trinajstić information content (AvgIpc) is 3.22. The Kier molecular flexibility index (Phi) is 52.5. The number of aliphatic hydroxyl groups excluding tert-OH is 1. The smallest absolute Gasteiger partial charge is 0.870 e. The molecule has 0 aliphatic carbocycles. The first kappa shape index (κ1) is 81.4. The predicted octanol–water partition coefficient (Wildman–Crippen LogP) is 3.87. The van der Waals surface area contributed by atoms with Gasteiger partial charge in [0.1, 0.15) is 0 Å². The number of aliphatic carboxylic acids is 1. The molecule has 0 aromatic heterocycles. The molecule has 0 unspecified atom stereocenters. The van der Waals surface area contributed by atoms with E-state index in [4.69, 9.17) is 51.1 Å². The van der Waals surface area contributed by atoms with Crippen LogP contribution in [0.25, 0.3) is 0 Å². The second-order valence-corrected chi connectivity index (χ2v) is 11.8. The monoisotopic (exact) mass is 1060 g/mol. The molecule has 0 amide bonds. The number of non-ortho nitro benzene ring substituents is 3. The van der Waals surface area contributed by atoms with Crippen LogP contribution >= 0.6 is 11.6 Å². The van der Waals surface area contributed by atoms with E-state index in [1.54, 1.807) is 6.92 Å². The van der Waals surface area contributed by atoms with E-state index in [1.807, 2.05) is 13.8 Å². The Hall–Kier alpha value is -6.62. The molecule has 71 heavy (non-hydrogen) atoms. The van der Waals surface area contributed by atoms with Crippen molar-refractivity contribution in [2.45, 2.75) is 82.1 Å².